The predicted molar refractivity (Wildman–Crippen MR) is 69.2 cm³/mol. The molecule has 0 amide bonds. The van der Waals surface area contributed by atoms with Gasteiger partial charge < -0.3 is 9.84 Å². The summed E-state index contributed by atoms with van der Waals surface area (Å²) < 4.78 is 7.23. The molecule has 19 heavy (non-hydrogen) atoms. The van der Waals surface area contributed by atoms with Gasteiger partial charge in [-0.1, -0.05) is 19.1 Å². The normalized spacial score (nSPS) is 15.1. The van der Waals surface area contributed by atoms with E-state index in [4.69, 9.17) is 9.84 Å². The number of aromatic carboxylic acids is 1. The fourth-order valence-corrected chi connectivity index (χ4v) is 1.97. The average molecular weight is 267 g/mol. The number of rotatable bonds is 8. The van der Waals surface area contributed by atoms with Crippen LogP contribution in [-0.2, 0) is 11.3 Å². The average Bonchev–Trinajstić information content (AvgIpc) is 3.09. The van der Waals surface area contributed by atoms with Crippen LogP contribution in [0.2, 0.25) is 0 Å². The molecule has 0 spiro atoms. The van der Waals surface area contributed by atoms with Gasteiger partial charge in [-0.25, -0.2) is 9.48 Å². The van der Waals surface area contributed by atoms with E-state index < -0.39 is 5.97 Å². The summed E-state index contributed by atoms with van der Waals surface area (Å²) >= 11 is 0. The first-order chi connectivity index (χ1) is 9.09. The smallest absolute Gasteiger partial charge is 0.358 e. The van der Waals surface area contributed by atoms with Gasteiger partial charge in [0, 0.05) is 12.5 Å². The highest BCUT2D eigenvalue weighted by Crippen LogP contribution is 2.41. The van der Waals surface area contributed by atoms with Crippen molar-refractivity contribution in [3.8, 4) is 0 Å². The molecule has 0 bridgehead atoms. The van der Waals surface area contributed by atoms with Gasteiger partial charge in [-0.2, -0.15) is 0 Å². The molecule has 1 fully saturated rings. The minimum atomic E-state index is -0.992. The number of carbonyl (C=O) groups is 1. The minimum Gasteiger partial charge on any atom is -0.476 e. The Kier molecular flexibility index (Phi) is 4.52. The molecule has 0 unspecified atom stereocenters. The SMILES string of the molecule is CC(C)CCOCCn1nnc(C(=O)O)c1C1CC1. The van der Waals surface area contributed by atoms with Crippen LogP contribution in [0.4, 0.5) is 0 Å². The van der Waals surface area contributed by atoms with Gasteiger partial charge >= 0.3 is 5.97 Å². The van der Waals surface area contributed by atoms with E-state index in [0.717, 1.165) is 31.6 Å². The standard InChI is InChI=1S/C13H21N3O3/c1-9(2)5-7-19-8-6-16-12(10-3-4-10)11(13(17)18)14-15-16/h9-10H,3-8H2,1-2H3,(H,17,18). The predicted octanol–water partition coefficient (Wildman–Crippen LogP) is 1.92. The van der Waals surface area contributed by atoms with Crippen LogP contribution < -0.4 is 0 Å². The molecular weight excluding hydrogens is 246 g/mol. The maximum absolute atomic E-state index is 11.1. The largest absolute Gasteiger partial charge is 0.476 e. The molecule has 1 aliphatic carbocycles. The van der Waals surface area contributed by atoms with Crippen LogP contribution in [0.1, 0.15) is 55.2 Å². The molecule has 6 heteroatoms. The van der Waals surface area contributed by atoms with E-state index >= 15 is 0 Å². The highest BCUT2D eigenvalue weighted by Gasteiger charge is 2.33. The van der Waals surface area contributed by atoms with E-state index in [0.29, 0.717) is 25.0 Å². The molecule has 106 valence electrons. The highest BCUT2D eigenvalue weighted by atomic mass is 16.5. The number of aromatic nitrogens is 3. The van der Waals surface area contributed by atoms with Crippen LogP contribution in [0.15, 0.2) is 0 Å². The van der Waals surface area contributed by atoms with Crippen LogP contribution in [0.3, 0.4) is 0 Å². The fraction of sp³-hybridized carbons (Fsp3) is 0.769. The second kappa shape index (κ2) is 6.14. The molecule has 1 N–H and O–H groups in total. The maximum atomic E-state index is 11.1. The Morgan fingerprint density at radius 1 is 1.47 bits per heavy atom. The summed E-state index contributed by atoms with van der Waals surface area (Å²) in [7, 11) is 0. The summed E-state index contributed by atoms with van der Waals surface area (Å²) in [5.41, 5.74) is 0.865. The molecular formula is C13H21N3O3. The monoisotopic (exact) mass is 267 g/mol. The van der Waals surface area contributed by atoms with Gasteiger partial charge in [0.2, 0.25) is 0 Å². The Bertz CT molecular complexity index is 438. The molecule has 0 aromatic carbocycles. The summed E-state index contributed by atoms with van der Waals surface area (Å²) in [6.45, 7) is 6.17. The van der Waals surface area contributed by atoms with E-state index in [1.54, 1.807) is 4.68 Å². The molecule has 0 radical (unpaired) electrons. The van der Waals surface area contributed by atoms with Gasteiger partial charge in [0.05, 0.1) is 18.8 Å². The Morgan fingerprint density at radius 3 is 2.79 bits per heavy atom. The quantitative estimate of drug-likeness (QED) is 0.728. The third kappa shape index (κ3) is 3.76. The second-order valence-electron chi connectivity index (χ2n) is 5.42. The van der Waals surface area contributed by atoms with Crippen molar-refractivity contribution in [3.05, 3.63) is 11.4 Å². The van der Waals surface area contributed by atoms with Gasteiger partial charge in [0.25, 0.3) is 0 Å². The Balaban J connectivity index is 1.88. The number of hydrogen-bond donors (Lipinski definition) is 1. The first-order valence-corrected chi connectivity index (χ1v) is 6.84. The number of ether oxygens (including phenoxy) is 1. The summed E-state index contributed by atoms with van der Waals surface area (Å²) in [5, 5.41) is 16.8. The van der Waals surface area contributed by atoms with Crippen molar-refractivity contribution < 1.29 is 14.6 Å². The molecule has 1 heterocycles. The van der Waals surface area contributed by atoms with Gasteiger partial charge in [-0.15, -0.1) is 5.10 Å². The molecule has 0 saturated heterocycles. The lowest BCUT2D eigenvalue weighted by atomic mass is 10.1. The van der Waals surface area contributed by atoms with Crippen molar-refractivity contribution in [1.82, 2.24) is 15.0 Å². The van der Waals surface area contributed by atoms with E-state index in [1.165, 1.54) is 0 Å². The summed E-state index contributed by atoms with van der Waals surface area (Å²) in [6.07, 6.45) is 3.09. The van der Waals surface area contributed by atoms with Crippen LogP contribution in [0.5, 0.6) is 0 Å². The van der Waals surface area contributed by atoms with E-state index in [-0.39, 0.29) is 5.69 Å². The highest BCUT2D eigenvalue weighted by molar-refractivity contribution is 5.86. The number of carboxylic acid groups (broad SMARTS) is 1. The Hall–Kier alpha value is -1.43. The zero-order valence-electron chi connectivity index (χ0n) is 11.5. The molecule has 0 aliphatic heterocycles. The molecule has 1 aromatic rings. The van der Waals surface area contributed by atoms with Gasteiger partial charge in [-0.05, 0) is 25.2 Å². The number of nitrogens with zero attached hydrogens (tertiary/aromatic N) is 3. The molecule has 0 atom stereocenters. The van der Waals surface area contributed by atoms with E-state index in [2.05, 4.69) is 24.2 Å². The zero-order chi connectivity index (χ0) is 13.8. The Morgan fingerprint density at radius 2 is 2.21 bits per heavy atom. The van der Waals surface area contributed by atoms with Gasteiger partial charge in [0.15, 0.2) is 5.69 Å². The van der Waals surface area contributed by atoms with Crippen molar-refractivity contribution in [3.63, 3.8) is 0 Å². The third-order valence-corrected chi connectivity index (χ3v) is 3.23. The van der Waals surface area contributed by atoms with E-state index in [1.807, 2.05) is 0 Å². The summed E-state index contributed by atoms with van der Waals surface area (Å²) in [6, 6.07) is 0. The van der Waals surface area contributed by atoms with Crippen molar-refractivity contribution >= 4 is 5.97 Å². The third-order valence-electron chi connectivity index (χ3n) is 3.23. The molecule has 1 aliphatic rings. The second-order valence-corrected chi connectivity index (χ2v) is 5.42. The summed E-state index contributed by atoms with van der Waals surface area (Å²) in [4.78, 5) is 11.1. The van der Waals surface area contributed by atoms with Gasteiger partial charge in [0.1, 0.15) is 0 Å². The summed E-state index contributed by atoms with van der Waals surface area (Å²) in [5.74, 6) is -0.0438. The van der Waals surface area contributed by atoms with Crippen molar-refractivity contribution in [2.45, 2.75) is 45.6 Å². The van der Waals surface area contributed by atoms with Crippen LogP contribution in [0.25, 0.3) is 0 Å². The molecule has 1 saturated carbocycles. The van der Waals surface area contributed by atoms with Crippen molar-refractivity contribution in [2.75, 3.05) is 13.2 Å². The van der Waals surface area contributed by atoms with Crippen LogP contribution >= 0.6 is 0 Å². The lowest BCUT2D eigenvalue weighted by Gasteiger charge is -2.08. The first-order valence-electron chi connectivity index (χ1n) is 6.84. The lowest BCUT2D eigenvalue weighted by molar-refractivity contribution is 0.0688. The number of carboxylic acids is 1. The molecule has 6 nitrogen and oxygen atoms in total. The van der Waals surface area contributed by atoms with Crippen LogP contribution in [-0.4, -0.2) is 39.3 Å². The zero-order valence-corrected chi connectivity index (χ0v) is 11.5. The first kappa shape index (κ1) is 14.0. The number of hydrogen-bond acceptors (Lipinski definition) is 4. The van der Waals surface area contributed by atoms with Crippen molar-refractivity contribution in [2.24, 2.45) is 5.92 Å². The fourth-order valence-electron chi connectivity index (χ4n) is 1.97. The molecule has 1 aromatic heterocycles. The molecule has 2 rings (SSSR count). The Labute approximate surface area is 112 Å². The van der Waals surface area contributed by atoms with Crippen LogP contribution in [0, 0.1) is 5.92 Å². The van der Waals surface area contributed by atoms with E-state index in [9.17, 15) is 4.79 Å². The van der Waals surface area contributed by atoms with Gasteiger partial charge in [-0.3, -0.25) is 0 Å². The lowest BCUT2D eigenvalue weighted by Crippen LogP contribution is -2.12. The topological polar surface area (TPSA) is 77.2 Å². The van der Waals surface area contributed by atoms with Crippen molar-refractivity contribution in [1.29, 1.82) is 0 Å². The minimum absolute atomic E-state index is 0.102. The maximum Gasteiger partial charge on any atom is 0.358 e.